The second-order valence-corrected chi connectivity index (χ2v) is 4.84. The van der Waals surface area contributed by atoms with Crippen LogP contribution in [0.1, 0.15) is 11.1 Å². The van der Waals surface area contributed by atoms with Crippen LogP contribution in [0.2, 0.25) is 0 Å². The third-order valence-corrected chi connectivity index (χ3v) is 3.21. The lowest BCUT2D eigenvalue weighted by Gasteiger charge is -2.10. The fourth-order valence-corrected chi connectivity index (χ4v) is 1.91. The Morgan fingerprint density at radius 2 is 2.00 bits per heavy atom. The van der Waals surface area contributed by atoms with Crippen molar-refractivity contribution in [3.05, 3.63) is 57.8 Å². The third kappa shape index (κ3) is 2.89. The molecule has 0 aromatic heterocycles. The first-order valence-corrected chi connectivity index (χ1v) is 6.32. The van der Waals surface area contributed by atoms with E-state index in [1.54, 1.807) is 12.1 Å². The molecule has 0 radical (unpaired) electrons. The van der Waals surface area contributed by atoms with Crippen molar-refractivity contribution in [3.63, 3.8) is 0 Å². The molecule has 0 aliphatic carbocycles. The van der Waals surface area contributed by atoms with E-state index in [9.17, 15) is 4.39 Å². The molecule has 2 aromatic rings. The molecule has 0 saturated heterocycles. The summed E-state index contributed by atoms with van der Waals surface area (Å²) in [6.07, 6.45) is 0. The van der Waals surface area contributed by atoms with Crippen LogP contribution >= 0.6 is 15.9 Å². The average Bonchev–Trinajstić information content (AvgIpc) is 2.36. The molecule has 0 atom stereocenters. The molecule has 2 N–H and O–H groups in total. The van der Waals surface area contributed by atoms with E-state index < -0.39 is 0 Å². The van der Waals surface area contributed by atoms with Gasteiger partial charge in [-0.25, -0.2) is 4.39 Å². The van der Waals surface area contributed by atoms with Gasteiger partial charge in [-0.15, -0.1) is 0 Å². The van der Waals surface area contributed by atoms with Crippen molar-refractivity contribution < 1.29 is 9.13 Å². The summed E-state index contributed by atoms with van der Waals surface area (Å²) >= 11 is 3.13. The Labute approximate surface area is 114 Å². The van der Waals surface area contributed by atoms with Gasteiger partial charge in [-0.2, -0.15) is 0 Å². The van der Waals surface area contributed by atoms with Gasteiger partial charge in [0.2, 0.25) is 0 Å². The molecule has 2 aromatic carbocycles. The minimum Gasteiger partial charge on any atom is -0.457 e. The van der Waals surface area contributed by atoms with Gasteiger partial charge in [0, 0.05) is 6.54 Å². The van der Waals surface area contributed by atoms with E-state index in [2.05, 4.69) is 15.9 Å². The van der Waals surface area contributed by atoms with Crippen LogP contribution in [0.3, 0.4) is 0 Å². The van der Waals surface area contributed by atoms with Gasteiger partial charge in [-0.3, -0.25) is 0 Å². The van der Waals surface area contributed by atoms with Gasteiger partial charge >= 0.3 is 0 Å². The molecule has 4 heteroatoms. The van der Waals surface area contributed by atoms with Crippen LogP contribution in [0.5, 0.6) is 11.5 Å². The number of hydrogen-bond acceptors (Lipinski definition) is 2. The molecule has 0 fully saturated rings. The second kappa shape index (κ2) is 5.50. The summed E-state index contributed by atoms with van der Waals surface area (Å²) in [6, 6.07) is 10.4. The molecule has 0 unspecified atom stereocenters. The van der Waals surface area contributed by atoms with Crippen molar-refractivity contribution in [1.29, 1.82) is 0 Å². The van der Waals surface area contributed by atoms with Crippen molar-refractivity contribution in [2.24, 2.45) is 5.73 Å². The highest BCUT2D eigenvalue weighted by molar-refractivity contribution is 9.10. The zero-order valence-electron chi connectivity index (χ0n) is 9.91. The van der Waals surface area contributed by atoms with Crippen molar-refractivity contribution >= 4 is 15.9 Å². The molecule has 94 valence electrons. The lowest BCUT2D eigenvalue weighted by atomic mass is 10.1. The first-order chi connectivity index (χ1) is 8.60. The van der Waals surface area contributed by atoms with Gasteiger partial charge in [-0.05, 0) is 58.2 Å². The Kier molecular flexibility index (Phi) is 3.99. The number of hydrogen-bond donors (Lipinski definition) is 1. The summed E-state index contributed by atoms with van der Waals surface area (Å²) in [5.41, 5.74) is 7.60. The van der Waals surface area contributed by atoms with Crippen molar-refractivity contribution in [2.45, 2.75) is 13.5 Å². The van der Waals surface area contributed by atoms with Crippen LogP contribution in [0.25, 0.3) is 0 Å². The summed E-state index contributed by atoms with van der Waals surface area (Å²) in [5.74, 6) is 1.01. The molecule has 0 saturated carbocycles. The first-order valence-electron chi connectivity index (χ1n) is 5.52. The number of aryl methyl sites for hydroxylation is 1. The Morgan fingerprint density at radius 1 is 1.22 bits per heavy atom. The van der Waals surface area contributed by atoms with Crippen LogP contribution in [0.4, 0.5) is 4.39 Å². The predicted molar refractivity (Wildman–Crippen MR) is 73.2 cm³/mol. The second-order valence-electron chi connectivity index (χ2n) is 3.98. The Morgan fingerprint density at radius 3 is 2.67 bits per heavy atom. The fraction of sp³-hybridized carbons (Fsp3) is 0.143. The monoisotopic (exact) mass is 309 g/mol. The van der Waals surface area contributed by atoms with Crippen LogP contribution in [0, 0.1) is 12.7 Å². The summed E-state index contributed by atoms with van der Waals surface area (Å²) in [7, 11) is 0. The molecule has 0 bridgehead atoms. The van der Waals surface area contributed by atoms with E-state index in [1.165, 1.54) is 6.07 Å². The third-order valence-electron chi connectivity index (χ3n) is 2.61. The number of rotatable bonds is 3. The molecule has 2 rings (SSSR count). The van der Waals surface area contributed by atoms with Gasteiger partial charge in [0.05, 0.1) is 4.47 Å². The summed E-state index contributed by atoms with van der Waals surface area (Å²) < 4.78 is 19.2. The van der Waals surface area contributed by atoms with Crippen molar-refractivity contribution in [1.82, 2.24) is 0 Å². The molecule has 0 aliphatic heterocycles. The van der Waals surface area contributed by atoms with Gasteiger partial charge in [0.15, 0.2) is 0 Å². The lowest BCUT2D eigenvalue weighted by Crippen LogP contribution is -1.97. The number of benzene rings is 2. The minimum absolute atomic E-state index is 0.310. The zero-order valence-corrected chi connectivity index (χ0v) is 11.5. The van der Waals surface area contributed by atoms with E-state index in [0.717, 1.165) is 16.9 Å². The first kappa shape index (κ1) is 13.1. The zero-order chi connectivity index (χ0) is 13.1. The van der Waals surface area contributed by atoms with Crippen LogP contribution in [0.15, 0.2) is 40.9 Å². The smallest absolute Gasteiger partial charge is 0.137 e. The van der Waals surface area contributed by atoms with E-state index in [1.807, 2.05) is 25.1 Å². The Balaban J connectivity index is 2.30. The summed E-state index contributed by atoms with van der Waals surface area (Å²) in [5, 5.41) is 0. The number of halogens is 2. The van der Waals surface area contributed by atoms with E-state index >= 15 is 0 Å². The topological polar surface area (TPSA) is 35.2 Å². The normalized spacial score (nSPS) is 10.4. The molecule has 0 amide bonds. The Bertz CT molecular complexity index is 572. The fourth-order valence-electron chi connectivity index (χ4n) is 1.55. The van der Waals surface area contributed by atoms with Gasteiger partial charge in [0.1, 0.15) is 17.3 Å². The molecule has 0 heterocycles. The molecular formula is C14H13BrFNO. The maximum absolute atomic E-state index is 13.1. The van der Waals surface area contributed by atoms with Gasteiger partial charge in [-0.1, -0.05) is 12.1 Å². The molecule has 2 nitrogen and oxygen atoms in total. The van der Waals surface area contributed by atoms with Crippen LogP contribution in [-0.2, 0) is 6.54 Å². The largest absolute Gasteiger partial charge is 0.457 e. The van der Waals surface area contributed by atoms with E-state index in [-0.39, 0.29) is 5.82 Å². The number of ether oxygens (including phenoxy) is 1. The highest BCUT2D eigenvalue weighted by Gasteiger charge is 2.05. The van der Waals surface area contributed by atoms with E-state index in [0.29, 0.717) is 16.8 Å². The van der Waals surface area contributed by atoms with Crippen LogP contribution < -0.4 is 10.5 Å². The lowest BCUT2D eigenvalue weighted by molar-refractivity contribution is 0.475. The van der Waals surface area contributed by atoms with Gasteiger partial charge < -0.3 is 10.5 Å². The predicted octanol–water partition coefficient (Wildman–Crippen LogP) is 4.15. The molecular weight excluding hydrogens is 297 g/mol. The Hall–Kier alpha value is -1.39. The molecule has 0 spiro atoms. The van der Waals surface area contributed by atoms with Crippen LogP contribution in [-0.4, -0.2) is 0 Å². The highest BCUT2D eigenvalue weighted by atomic mass is 79.9. The maximum Gasteiger partial charge on any atom is 0.137 e. The standard InChI is InChI=1S/C14H13BrFNO/c1-9-2-3-10(8-17)6-14(9)18-11-4-5-13(16)12(15)7-11/h2-7H,8,17H2,1H3. The van der Waals surface area contributed by atoms with Gasteiger partial charge in [0.25, 0.3) is 0 Å². The maximum atomic E-state index is 13.1. The minimum atomic E-state index is -0.310. The van der Waals surface area contributed by atoms with Crippen molar-refractivity contribution in [2.75, 3.05) is 0 Å². The number of nitrogens with two attached hydrogens (primary N) is 1. The SMILES string of the molecule is Cc1ccc(CN)cc1Oc1ccc(F)c(Br)c1. The summed E-state index contributed by atoms with van der Waals surface area (Å²) in [4.78, 5) is 0. The quantitative estimate of drug-likeness (QED) is 0.924. The molecule has 0 aliphatic rings. The van der Waals surface area contributed by atoms with E-state index in [4.69, 9.17) is 10.5 Å². The highest BCUT2D eigenvalue weighted by Crippen LogP contribution is 2.29. The molecule has 18 heavy (non-hydrogen) atoms. The van der Waals surface area contributed by atoms with Crippen molar-refractivity contribution in [3.8, 4) is 11.5 Å². The average molecular weight is 310 g/mol. The summed E-state index contributed by atoms with van der Waals surface area (Å²) in [6.45, 7) is 2.41.